The topological polar surface area (TPSA) is 171 Å². The summed E-state index contributed by atoms with van der Waals surface area (Å²) in [5.41, 5.74) is 5.95. The molecule has 3 unspecified atom stereocenters. The zero-order chi connectivity index (χ0) is 22.0. The van der Waals surface area contributed by atoms with E-state index in [-0.39, 0.29) is 24.6 Å². The molecule has 0 heterocycles. The van der Waals surface area contributed by atoms with Crippen molar-refractivity contribution in [1.29, 1.82) is 0 Å². The number of benzene rings is 1. The highest BCUT2D eigenvalue weighted by Crippen LogP contribution is 2.13. The highest BCUT2D eigenvalue weighted by Gasteiger charge is 2.29. The molecule has 0 radical (unpaired) electrons. The fourth-order valence-electron chi connectivity index (χ4n) is 2.56. The number of hydrogen-bond donors (Lipinski definition) is 6. The van der Waals surface area contributed by atoms with Gasteiger partial charge in [0.2, 0.25) is 17.7 Å². The Bertz CT molecular complexity index is 722. The first-order chi connectivity index (χ1) is 13.7. The summed E-state index contributed by atoms with van der Waals surface area (Å²) in [4.78, 5) is 47.7. The average molecular weight is 408 g/mol. The van der Waals surface area contributed by atoms with Crippen molar-refractivity contribution >= 4 is 23.7 Å². The minimum Gasteiger partial charge on any atom is -0.508 e. The maximum atomic E-state index is 12.8. The molecule has 1 rings (SSSR count). The van der Waals surface area contributed by atoms with E-state index in [1.54, 1.807) is 19.1 Å². The number of nitrogens with one attached hydrogen (secondary N) is 3. The lowest BCUT2D eigenvalue weighted by Gasteiger charge is -2.26. The second-order valence-electron chi connectivity index (χ2n) is 6.68. The fraction of sp³-hybridized carbons (Fsp3) is 0.474. The largest absolute Gasteiger partial charge is 0.508 e. The second-order valence-corrected chi connectivity index (χ2v) is 6.68. The molecule has 160 valence electrons. The zero-order valence-corrected chi connectivity index (χ0v) is 16.5. The van der Waals surface area contributed by atoms with E-state index in [9.17, 15) is 24.3 Å². The molecule has 0 bridgehead atoms. The number of rotatable bonds is 11. The van der Waals surface area contributed by atoms with Crippen molar-refractivity contribution in [2.45, 2.75) is 38.8 Å². The van der Waals surface area contributed by atoms with Gasteiger partial charge in [0.05, 0.1) is 6.54 Å². The molecule has 1 aromatic carbocycles. The van der Waals surface area contributed by atoms with E-state index in [1.807, 2.05) is 6.92 Å². The van der Waals surface area contributed by atoms with Gasteiger partial charge in [-0.15, -0.1) is 0 Å². The maximum absolute atomic E-state index is 12.8. The van der Waals surface area contributed by atoms with Gasteiger partial charge in [-0.2, -0.15) is 0 Å². The van der Waals surface area contributed by atoms with Gasteiger partial charge < -0.3 is 31.9 Å². The molecule has 29 heavy (non-hydrogen) atoms. The summed E-state index contributed by atoms with van der Waals surface area (Å²) in [6.45, 7) is 2.75. The minimum atomic E-state index is -1.22. The van der Waals surface area contributed by atoms with E-state index < -0.39 is 42.3 Å². The van der Waals surface area contributed by atoms with E-state index in [0.29, 0.717) is 12.0 Å². The number of carboxylic acid groups (broad SMARTS) is 1. The van der Waals surface area contributed by atoms with Crippen LogP contribution >= 0.6 is 0 Å². The van der Waals surface area contributed by atoms with E-state index in [1.165, 1.54) is 12.1 Å². The van der Waals surface area contributed by atoms with Crippen molar-refractivity contribution in [3.05, 3.63) is 29.8 Å². The molecule has 0 saturated carbocycles. The average Bonchev–Trinajstić information content (AvgIpc) is 2.70. The Morgan fingerprint density at radius 1 is 1.07 bits per heavy atom. The predicted octanol–water partition coefficient (Wildman–Crippen LogP) is -0.890. The number of phenolic OH excluding ortho intramolecular Hbond substituents is 1. The van der Waals surface area contributed by atoms with Crippen molar-refractivity contribution in [2.24, 2.45) is 11.7 Å². The summed E-state index contributed by atoms with van der Waals surface area (Å²) in [6, 6.07) is 4.07. The Balaban J connectivity index is 3.00. The lowest BCUT2D eigenvalue weighted by Crippen LogP contribution is -2.57. The van der Waals surface area contributed by atoms with Crippen LogP contribution in [0.5, 0.6) is 5.75 Å². The Morgan fingerprint density at radius 3 is 2.21 bits per heavy atom. The van der Waals surface area contributed by atoms with Crippen LogP contribution in [0.25, 0.3) is 0 Å². The molecule has 0 saturated heterocycles. The van der Waals surface area contributed by atoms with Crippen LogP contribution in [0, 0.1) is 5.92 Å². The molecule has 1 aromatic rings. The van der Waals surface area contributed by atoms with Crippen LogP contribution in [0.15, 0.2) is 24.3 Å². The Hall–Kier alpha value is -3.14. The van der Waals surface area contributed by atoms with Gasteiger partial charge in [0.15, 0.2) is 0 Å². The molecule has 7 N–H and O–H groups in total. The SMILES string of the molecule is CCC(C)C(NC(=O)CN)C(=O)NC(Cc1ccc(O)cc1)C(=O)NCC(=O)O. The third-order valence-electron chi connectivity index (χ3n) is 4.42. The number of carboxylic acids is 1. The zero-order valence-electron chi connectivity index (χ0n) is 16.5. The predicted molar refractivity (Wildman–Crippen MR) is 105 cm³/mol. The third-order valence-corrected chi connectivity index (χ3v) is 4.42. The van der Waals surface area contributed by atoms with Gasteiger partial charge in [0, 0.05) is 6.42 Å². The molecule has 0 aliphatic rings. The van der Waals surface area contributed by atoms with Crippen molar-refractivity contribution < 1.29 is 29.4 Å². The Morgan fingerprint density at radius 2 is 1.69 bits per heavy atom. The molecule has 0 aromatic heterocycles. The first-order valence-electron chi connectivity index (χ1n) is 9.25. The van der Waals surface area contributed by atoms with Gasteiger partial charge in [-0.3, -0.25) is 19.2 Å². The molecular formula is C19H28N4O6. The summed E-state index contributed by atoms with van der Waals surface area (Å²) in [5.74, 6) is -3.15. The summed E-state index contributed by atoms with van der Waals surface area (Å²) < 4.78 is 0. The van der Waals surface area contributed by atoms with Gasteiger partial charge in [0.1, 0.15) is 24.4 Å². The molecule has 0 aliphatic heterocycles. The molecule has 0 aliphatic carbocycles. The Labute approximate surface area is 168 Å². The van der Waals surface area contributed by atoms with Crippen LogP contribution in [0.1, 0.15) is 25.8 Å². The fourth-order valence-corrected chi connectivity index (χ4v) is 2.56. The lowest BCUT2D eigenvalue weighted by atomic mass is 9.97. The number of nitrogens with two attached hydrogens (primary N) is 1. The van der Waals surface area contributed by atoms with Crippen molar-refractivity contribution in [3.8, 4) is 5.75 Å². The summed E-state index contributed by atoms with van der Waals surface area (Å²) in [5, 5.41) is 25.5. The van der Waals surface area contributed by atoms with Crippen LogP contribution in [-0.2, 0) is 25.6 Å². The number of hydrogen-bond acceptors (Lipinski definition) is 6. The first kappa shape index (κ1) is 23.9. The molecule has 3 amide bonds. The molecule has 0 spiro atoms. The molecule has 10 heteroatoms. The van der Waals surface area contributed by atoms with Crippen molar-refractivity contribution in [1.82, 2.24) is 16.0 Å². The van der Waals surface area contributed by atoms with E-state index >= 15 is 0 Å². The number of aromatic hydroxyl groups is 1. The van der Waals surface area contributed by atoms with Gasteiger partial charge in [-0.1, -0.05) is 32.4 Å². The van der Waals surface area contributed by atoms with Gasteiger partial charge in [-0.25, -0.2) is 0 Å². The lowest BCUT2D eigenvalue weighted by molar-refractivity contribution is -0.138. The molecule has 10 nitrogen and oxygen atoms in total. The quantitative estimate of drug-likeness (QED) is 0.276. The van der Waals surface area contributed by atoms with Crippen molar-refractivity contribution in [3.63, 3.8) is 0 Å². The normalized spacial score (nSPS) is 13.6. The monoisotopic (exact) mass is 408 g/mol. The smallest absolute Gasteiger partial charge is 0.322 e. The summed E-state index contributed by atoms with van der Waals surface area (Å²) in [6.07, 6.45) is 0.659. The van der Waals surface area contributed by atoms with Crippen LogP contribution in [0.4, 0.5) is 0 Å². The van der Waals surface area contributed by atoms with Gasteiger partial charge in [-0.05, 0) is 23.6 Å². The van der Waals surface area contributed by atoms with Crippen LogP contribution < -0.4 is 21.7 Å². The molecule has 0 fully saturated rings. The maximum Gasteiger partial charge on any atom is 0.322 e. The summed E-state index contributed by atoms with van der Waals surface area (Å²) in [7, 11) is 0. The van der Waals surface area contributed by atoms with E-state index in [2.05, 4.69) is 16.0 Å². The number of phenols is 1. The number of carbonyl (C=O) groups is 4. The van der Waals surface area contributed by atoms with Gasteiger partial charge in [0.25, 0.3) is 0 Å². The highest BCUT2D eigenvalue weighted by molar-refractivity contribution is 5.93. The molecule has 3 atom stereocenters. The number of aliphatic carboxylic acids is 1. The standard InChI is InChI=1S/C19H28N4O6/c1-3-11(2)17(23-15(25)9-20)19(29)22-14(18(28)21-10-16(26)27)8-12-4-6-13(24)7-5-12/h4-7,11,14,17,24H,3,8-10,20H2,1-2H3,(H,21,28)(H,22,29)(H,23,25)(H,26,27). The van der Waals surface area contributed by atoms with Crippen molar-refractivity contribution in [2.75, 3.05) is 13.1 Å². The van der Waals surface area contributed by atoms with E-state index in [4.69, 9.17) is 10.8 Å². The minimum absolute atomic E-state index is 0.0472. The molecular weight excluding hydrogens is 380 g/mol. The summed E-state index contributed by atoms with van der Waals surface area (Å²) >= 11 is 0. The Kier molecular flexibility index (Phi) is 9.60. The van der Waals surface area contributed by atoms with Crippen LogP contribution in [-0.4, -0.2) is 59.1 Å². The second kappa shape index (κ2) is 11.6. The highest BCUT2D eigenvalue weighted by atomic mass is 16.4. The number of carbonyl (C=O) groups excluding carboxylic acids is 3. The van der Waals surface area contributed by atoms with Crippen LogP contribution in [0.2, 0.25) is 0 Å². The number of amides is 3. The van der Waals surface area contributed by atoms with Crippen LogP contribution in [0.3, 0.4) is 0 Å². The van der Waals surface area contributed by atoms with Gasteiger partial charge >= 0.3 is 5.97 Å². The third kappa shape index (κ3) is 8.18. The van der Waals surface area contributed by atoms with E-state index in [0.717, 1.165) is 0 Å². The first-order valence-corrected chi connectivity index (χ1v) is 9.25.